The Morgan fingerprint density at radius 3 is 1.79 bits per heavy atom. The second kappa shape index (κ2) is 31.6. The lowest BCUT2D eigenvalue weighted by atomic mass is 9.61. The van der Waals surface area contributed by atoms with Crippen molar-refractivity contribution in [3.8, 4) is 11.5 Å². The molecule has 3 aliphatic heterocycles. The van der Waals surface area contributed by atoms with E-state index in [-0.39, 0.29) is 128 Å². The van der Waals surface area contributed by atoms with Crippen LogP contribution in [0.5, 0.6) is 11.5 Å². The van der Waals surface area contributed by atoms with E-state index in [2.05, 4.69) is 16.0 Å². The lowest BCUT2D eigenvalue weighted by Crippen LogP contribution is -2.46. The summed E-state index contributed by atoms with van der Waals surface area (Å²) in [6.45, 7) is 2.14. The van der Waals surface area contributed by atoms with Crippen LogP contribution in [-0.2, 0) is 54.0 Å². The number of nitrogens with zero attached hydrogens (tertiary/aromatic N) is 3. The number of carbonyl (C=O) groups is 9. The highest BCUT2D eigenvalue weighted by molar-refractivity contribution is 7.47. The number of primary amides is 1. The third-order valence-electron chi connectivity index (χ3n) is 18.4. The van der Waals surface area contributed by atoms with E-state index in [0.717, 1.165) is 0 Å². The highest BCUT2D eigenvalue weighted by Crippen LogP contribution is 2.52. The Morgan fingerprint density at radius 1 is 0.697 bits per heavy atom. The lowest BCUT2D eigenvalue weighted by Gasteiger charge is -2.39. The molecular formula is C70H75Cl2N7O18P2. The number of ether oxygens (including phenoxy) is 1. The summed E-state index contributed by atoms with van der Waals surface area (Å²) >= 11 is 13.0. The molecule has 0 spiro atoms. The van der Waals surface area contributed by atoms with E-state index in [4.69, 9.17) is 42.7 Å². The number of ketones is 2. The van der Waals surface area contributed by atoms with Gasteiger partial charge in [-0.1, -0.05) is 99.0 Å². The largest absolute Gasteiger partial charge is 0.524 e. The maximum atomic E-state index is 14.3. The molecule has 4 atom stereocenters. The first-order valence-electron chi connectivity index (χ1n) is 32.4. The molecule has 25 nitrogen and oxygen atoms in total. The lowest BCUT2D eigenvalue weighted by molar-refractivity contribution is -0.148. The normalized spacial score (nSPS) is 17.6. The number of imide groups is 1. The fourth-order valence-electron chi connectivity index (χ4n) is 13.3. The number of rotatable bonds is 30. The summed E-state index contributed by atoms with van der Waals surface area (Å²) in [6, 6.07) is 26.7. The van der Waals surface area contributed by atoms with E-state index >= 15 is 0 Å². The van der Waals surface area contributed by atoms with Gasteiger partial charge in [-0.3, -0.25) is 63.4 Å². The summed E-state index contributed by atoms with van der Waals surface area (Å²) < 4.78 is 40.1. The van der Waals surface area contributed by atoms with Crippen LogP contribution in [0.4, 0.5) is 32.3 Å². The Morgan fingerprint density at radius 2 is 1.26 bits per heavy atom. The van der Waals surface area contributed by atoms with Gasteiger partial charge in [-0.25, -0.2) is 18.7 Å². The molecule has 1 aliphatic carbocycles. The number of Topliss-reactive ketones (excluding diaryl/α,β-unsaturated/α-hetero) is 2. The summed E-state index contributed by atoms with van der Waals surface area (Å²) in [7, 11) is -10.1. The number of urea groups is 1. The molecule has 29 heteroatoms. The van der Waals surface area contributed by atoms with Crippen molar-refractivity contribution in [1.29, 1.82) is 0 Å². The number of hydrogen-bond donors (Lipinski definition) is 8. The molecule has 4 aliphatic rings. The molecular weight excluding hydrogens is 1360 g/mol. The number of nitrogens with one attached hydrogen (secondary N) is 3. The first kappa shape index (κ1) is 73.0. The van der Waals surface area contributed by atoms with Crippen LogP contribution in [0, 0.1) is 17.3 Å². The number of unbranched alkanes of at least 4 members (excludes halogenated alkanes) is 3. The Labute approximate surface area is 579 Å². The zero-order valence-electron chi connectivity index (χ0n) is 53.9. The summed E-state index contributed by atoms with van der Waals surface area (Å²) in [5, 5.41) is 10.1. The van der Waals surface area contributed by atoms with E-state index in [1.807, 2.05) is 0 Å². The van der Waals surface area contributed by atoms with Gasteiger partial charge in [0, 0.05) is 122 Å². The van der Waals surface area contributed by atoms with E-state index in [1.165, 1.54) is 57.2 Å². The van der Waals surface area contributed by atoms with Gasteiger partial charge in [0.2, 0.25) is 17.7 Å². The Hall–Kier alpha value is -8.77. The molecule has 9 N–H and O–H groups in total. The molecule has 2 fully saturated rings. The number of amides is 8. The maximum absolute atomic E-state index is 14.3. The molecule has 522 valence electrons. The number of phosphoric acid groups is 2. The number of anilines is 4. The minimum Gasteiger partial charge on any atom is -0.444 e. The molecule has 1 saturated carbocycles. The van der Waals surface area contributed by atoms with Gasteiger partial charge in [-0.15, -0.1) is 23.2 Å². The molecule has 10 rings (SSSR count). The molecule has 99 heavy (non-hydrogen) atoms. The van der Waals surface area contributed by atoms with Crippen molar-refractivity contribution in [2.24, 2.45) is 23.0 Å². The highest BCUT2D eigenvalue weighted by atomic mass is 35.5. The van der Waals surface area contributed by atoms with Gasteiger partial charge < -0.3 is 40.0 Å². The Balaban J connectivity index is 0.832. The van der Waals surface area contributed by atoms with Crippen molar-refractivity contribution in [1.82, 2.24) is 10.2 Å². The molecule has 8 amide bonds. The van der Waals surface area contributed by atoms with Crippen molar-refractivity contribution < 1.29 is 85.6 Å². The minimum absolute atomic E-state index is 0.0930. The van der Waals surface area contributed by atoms with Gasteiger partial charge >= 0.3 is 27.8 Å². The molecule has 0 aromatic heterocycles. The minimum atomic E-state index is -5.06. The molecule has 6 aromatic carbocycles. The number of benzene rings is 6. The maximum Gasteiger partial charge on any atom is 0.524 e. The Bertz CT molecular complexity index is 4330. The Kier molecular flexibility index (Phi) is 23.3. The number of phosphoric ester groups is 2. The fraction of sp³-hybridized carbons (Fsp3) is 0.357. The average Bonchev–Trinajstić information content (AvgIpc) is 1.62. The number of halogens is 2. The standard InChI is InChI=1S/C70H75Cl2N7O18P2/c1-42-32-63(84)77(67(42)86)31-9-3-2-4-17-59(80)70(28-11-29-70)60(81)34-46(12-10-30-74-68(73)87)66(85)75-49-24-19-44(20-25-49)41-95-69(88)76-54-33-43(21-26-61(82)78-39-47(37-71)64-52-15-7-5-13-50(52)57(35-55(64)78)96-98(89,90)91)18-22-45(54)23-27-62(83)79-40-48(38-72)65-53-16-8-6-14-51(53)58(36-56(65)79)97-99(92,93)94/h5-8,13-16,18-27,33,35-36,42,46-48H,2-4,9-12,17,28-32,34,37-41H2,1H3,(H,75,85)(H,76,88)(H3,73,74,87)(H2,89,90,91)(H2,92,93,94)/b26-21+,27-23+/t42?,46-,47-,48-/m1/s1. The van der Waals surface area contributed by atoms with Gasteiger partial charge in [0.15, 0.2) is 0 Å². The number of hydrogen-bond acceptors (Lipinski definition) is 14. The second-order valence-electron chi connectivity index (χ2n) is 25.1. The van der Waals surface area contributed by atoms with Gasteiger partial charge in [-0.05, 0) is 107 Å². The van der Waals surface area contributed by atoms with Crippen molar-refractivity contribution in [2.45, 2.75) is 102 Å². The van der Waals surface area contributed by atoms with Crippen molar-refractivity contribution in [3.63, 3.8) is 0 Å². The van der Waals surface area contributed by atoms with E-state index in [0.29, 0.717) is 119 Å². The van der Waals surface area contributed by atoms with Crippen LogP contribution in [0.2, 0.25) is 0 Å². The van der Waals surface area contributed by atoms with Crippen molar-refractivity contribution in [2.75, 3.05) is 58.4 Å². The van der Waals surface area contributed by atoms with Crippen LogP contribution in [0.1, 0.15) is 124 Å². The SMILES string of the molecule is CC1CC(=O)N(CCCCCCC(=O)C2(C(=O)C[C@@H](CCCNC(N)=O)C(=O)Nc3ccc(COC(=O)Nc4cc(/C=C/C(=O)N5C[C@@H](CCl)c6c5cc(OP(=O)(O)O)c5ccccc65)ccc4/C=C/C(=O)N4C[C@@H](CCl)c5c4cc(OP(=O)(O)O)c4ccccc54)cc3)CCC2)C1=O. The summed E-state index contributed by atoms with van der Waals surface area (Å²) in [6.07, 6.45) is 9.04. The molecule has 0 radical (unpaired) electrons. The molecule has 0 bridgehead atoms. The zero-order chi connectivity index (χ0) is 70.9. The first-order valence-corrected chi connectivity index (χ1v) is 36.5. The van der Waals surface area contributed by atoms with Gasteiger partial charge in [0.05, 0.1) is 22.5 Å². The van der Waals surface area contributed by atoms with Gasteiger partial charge in [0.1, 0.15) is 29.7 Å². The van der Waals surface area contributed by atoms with Crippen LogP contribution < -0.4 is 40.5 Å². The van der Waals surface area contributed by atoms with E-state index in [9.17, 15) is 71.9 Å². The highest BCUT2D eigenvalue weighted by Gasteiger charge is 2.50. The molecule has 3 heterocycles. The van der Waals surface area contributed by atoms with Crippen LogP contribution in [0.15, 0.2) is 115 Å². The fourth-order valence-corrected chi connectivity index (χ4v) is 14.7. The second-order valence-corrected chi connectivity index (χ2v) is 28.1. The number of likely N-dealkylation sites (tertiary alicyclic amines) is 1. The van der Waals surface area contributed by atoms with Crippen LogP contribution in [0.25, 0.3) is 33.7 Å². The van der Waals surface area contributed by atoms with Crippen LogP contribution in [-0.4, -0.2) is 116 Å². The number of carbonyl (C=O) groups excluding carboxylic acids is 9. The topological polar surface area (TPSA) is 368 Å². The average molecular weight is 1440 g/mol. The molecule has 6 aromatic rings. The van der Waals surface area contributed by atoms with Gasteiger partial charge in [-0.2, -0.15) is 0 Å². The summed E-state index contributed by atoms with van der Waals surface area (Å²) in [4.78, 5) is 164. The van der Waals surface area contributed by atoms with E-state index < -0.39 is 56.8 Å². The number of fused-ring (bicyclic) bond motifs is 6. The smallest absolute Gasteiger partial charge is 0.444 e. The number of alkyl halides is 2. The van der Waals surface area contributed by atoms with Gasteiger partial charge in [0.25, 0.3) is 11.8 Å². The monoisotopic (exact) mass is 1430 g/mol. The summed E-state index contributed by atoms with van der Waals surface area (Å²) in [5.41, 5.74) is 7.69. The van der Waals surface area contributed by atoms with Crippen molar-refractivity contribution in [3.05, 3.63) is 143 Å². The number of nitrogens with two attached hydrogens (primary N) is 1. The van der Waals surface area contributed by atoms with Crippen LogP contribution in [0.3, 0.4) is 0 Å². The van der Waals surface area contributed by atoms with E-state index in [1.54, 1.807) is 91.9 Å². The van der Waals surface area contributed by atoms with Crippen molar-refractivity contribution >= 4 is 149 Å². The third kappa shape index (κ3) is 17.5. The quantitative estimate of drug-likeness (QED) is 0.00518. The molecule has 1 unspecified atom stereocenters. The molecule has 1 saturated heterocycles. The predicted octanol–water partition coefficient (Wildman–Crippen LogP) is 11.5. The zero-order valence-corrected chi connectivity index (χ0v) is 57.2. The predicted molar refractivity (Wildman–Crippen MR) is 373 cm³/mol. The van der Waals surface area contributed by atoms with Crippen LogP contribution >= 0.6 is 38.8 Å². The first-order chi connectivity index (χ1) is 47.2. The summed E-state index contributed by atoms with van der Waals surface area (Å²) in [5.74, 6) is -4.48. The third-order valence-corrected chi connectivity index (χ3v) is 20.1.